The zero-order valence-corrected chi connectivity index (χ0v) is 10.1. The Morgan fingerprint density at radius 1 is 1.59 bits per heavy atom. The van der Waals surface area contributed by atoms with Gasteiger partial charge in [0.15, 0.2) is 0 Å². The van der Waals surface area contributed by atoms with Crippen LogP contribution in [-0.4, -0.2) is 29.1 Å². The first-order valence-corrected chi connectivity index (χ1v) is 5.07. The maximum absolute atomic E-state index is 10.8. The van der Waals surface area contributed by atoms with Crippen LogP contribution in [0.2, 0.25) is 0 Å². The predicted molar refractivity (Wildman–Crippen MR) is 64.2 cm³/mol. The van der Waals surface area contributed by atoms with Crippen LogP contribution >= 0.6 is 0 Å². The Morgan fingerprint density at radius 3 is 2.71 bits per heavy atom. The number of methoxy groups -OCH3 is 1. The van der Waals surface area contributed by atoms with Crippen molar-refractivity contribution >= 4 is 11.5 Å². The van der Waals surface area contributed by atoms with E-state index in [1.807, 2.05) is 13.8 Å². The lowest BCUT2D eigenvalue weighted by atomic mass is 10.1. The molecule has 7 heteroatoms. The molecule has 0 aliphatic heterocycles. The number of pyridine rings is 1. The summed E-state index contributed by atoms with van der Waals surface area (Å²) >= 11 is 0. The van der Waals surface area contributed by atoms with E-state index in [0.29, 0.717) is 12.4 Å². The molecule has 0 radical (unpaired) electrons. The number of rotatable bonds is 5. The van der Waals surface area contributed by atoms with E-state index in [1.165, 1.54) is 19.2 Å². The highest BCUT2D eigenvalue weighted by Gasteiger charge is 2.23. The van der Waals surface area contributed by atoms with Gasteiger partial charge in [0, 0.05) is 24.2 Å². The monoisotopic (exact) mass is 240 g/mol. The minimum Gasteiger partial charge on any atom is -0.481 e. The van der Waals surface area contributed by atoms with Gasteiger partial charge in [-0.2, -0.15) is 4.98 Å². The highest BCUT2D eigenvalue weighted by Crippen LogP contribution is 2.27. The molecule has 0 bridgehead atoms. The summed E-state index contributed by atoms with van der Waals surface area (Å²) in [6.45, 7) is 3.98. The van der Waals surface area contributed by atoms with Gasteiger partial charge >= 0.3 is 5.69 Å². The number of hydrogen-bond donors (Lipinski definition) is 2. The first-order valence-electron chi connectivity index (χ1n) is 5.07. The van der Waals surface area contributed by atoms with Crippen LogP contribution in [0.5, 0.6) is 5.88 Å². The number of nitro groups is 1. The second-order valence-electron chi connectivity index (χ2n) is 4.19. The smallest absolute Gasteiger partial charge is 0.311 e. The molecular weight excluding hydrogens is 224 g/mol. The van der Waals surface area contributed by atoms with Crippen LogP contribution in [-0.2, 0) is 0 Å². The number of nitrogens with two attached hydrogens (primary N) is 1. The van der Waals surface area contributed by atoms with Gasteiger partial charge in [0.05, 0.1) is 12.0 Å². The quantitative estimate of drug-likeness (QED) is 0.591. The second-order valence-corrected chi connectivity index (χ2v) is 4.19. The third-order valence-electron chi connectivity index (χ3n) is 2.22. The van der Waals surface area contributed by atoms with E-state index in [1.54, 1.807) is 0 Å². The topological polar surface area (TPSA) is 103 Å². The third-order valence-corrected chi connectivity index (χ3v) is 2.22. The maximum Gasteiger partial charge on any atom is 0.311 e. The van der Waals surface area contributed by atoms with Crippen LogP contribution in [0.4, 0.5) is 11.5 Å². The lowest BCUT2D eigenvalue weighted by Gasteiger charge is -2.24. The molecule has 7 nitrogen and oxygen atoms in total. The van der Waals surface area contributed by atoms with Crippen LogP contribution in [0.1, 0.15) is 13.8 Å². The molecule has 1 aromatic rings. The SMILES string of the molecule is COc1ccc([N+](=O)[O-])c(NC(C)(C)CN)n1. The zero-order valence-electron chi connectivity index (χ0n) is 10.1. The molecular formula is C10H16N4O3. The first-order chi connectivity index (χ1) is 7.89. The Bertz CT molecular complexity index is 420. The molecule has 0 aliphatic carbocycles. The Hall–Kier alpha value is -1.89. The van der Waals surface area contributed by atoms with E-state index in [0.717, 1.165) is 0 Å². The van der Waals surface area contributed by atoms with Gasteiger partial charge in [0.25, 0.3) is 0 Å². The lowest BCUT2D eigenvalue weighted by Crippen LogP contribution is -2.39. The van der Waals surface area contributed by atoms with E-state index in [4.69, 9.17) is 10.5 Å². The summed E-state index contributed by atoms with van der Waals surface area (Å²) in [6.07, 6.45) is 0. The molecule has 0 saturated carbocycles. The van der Waals surface area contributed by atoms with Crippen molar-refractivity contribution in [3.8, 4) is 5.88 Å². The molecule has 0 spiro atoms. The standard InChI is InChI=1S/C10H16N4O3/c1-10(2,6-11)13-9-7(14(15)16)4-5-8(12-9)17-3/h4-5H,6,11H2,1-3H3,(H,12,13). The van der Waals surface area contributed by atoms with E-state index >= 15 is 0 Å². The van der Waals surface area contributed by atoms with E-state index in [9.17, 15) is 10.1 Å². The van der Waals surface area contributed by atoms with Gasteiger partial charge in [-0.1, -0.05) is 0 Å². The Balaban J connectivity index is 3.13. The Labute approximate surface area is 99.1 Å². The fraction of sp³-hybridized carbons (Fsp3) is 0.500. The van der Waals surface area contributed by atoms with Crippen LogP contribution in [0, 0.1) is 10.1 Å². The third kappa shape index (κ3) is 3.28. The minimum atomic E-state index is -0.499. The van der Waals surface area contributed by atoms with Gasteiger partial charge < -0.3 is 15.8 Å². The summed E-state index contributed by atoms with van der Waals surface area (Å²) in [5, 5.41) is 13.8. The number of nitrogens with zero attached hydrogens (tertiary/aromatic N) is 2. The van der Waals surface area contributed by atoms with Crippen LogP contribution in [0.3, 0.4) is 0 Å². The van der Waals surface area contributed by atoms with Crippen molar-refractivity contribution in [3.05, 3.63) is 22.2 Å². The van der Waals surface area contributed by atoms with Gasteiger partial charge in [-0.3, -0.25) is 10.1 Å². The summed E-state index contributed by atoms with van der Waals surface area (Å²) in [4.78, 5) is 14.4. The van der Waals surface area contributed by atoms with Gasteiger partial charge in [-0.25, -0.2) is 0 Å². The number of nitrogens with one attached hydrogen (secondary N) is 1. The van der Waals surface area contributed by atoms with Gasteiger partial charge in [-0.15, -0.1) is 0 Å². The number of anilines is 1. The molecule has 0 amide bonds. The van der Waals surface area contributed by atoms with Crippen molar-refractivity contribution < 1.29 is 9.66 Å². The summed E-state index contributed by atoms with van der Waals surface area (Å²) in [7, 11) is 1.45. The van der Waals surface area contributed by atoms with Crippen molar-refractivity contribution in [3.63, 3.8) is 0 Å². The van der Waals surface area contributed by atoms with Gasteiger partial charge in [0.1, 0.15) is 0 Å². The highest BCUT2D eigenvalue weighted by molar-refractivity contribution is 5.58. The number of ether oxygens (including phenoxy) is 1. The molecule has 0 unspecified atom stereocenters. The Kier molecular flexibility index (Phi) is 3.84. The zero-order chi connectivity index (χ0) is 13.1. The summed E-state index contributed by atoms with van der Waals surface area (Å²) < 4.78 is 4.93. The van der Waals surface area contributed by atoms with Crippen molar-refractivity contribution in [2.75, 3.05) is 19.0 Å². The Morgan fingerprint density at radius 2 is 2.24 bits per heavy atom. The van der Waals surface area contributed by atoms with E-state index in [-0.39, 0.29) is 11.5 Å². The maximum atomic E-state index is 10.8. The molecule has 3 N–H and O–H groups in total. The lowest BCUT2D eigenvalue weighted by molar-refractivity contribution is -0.384. The minimum absolute atomic E-state index is 0.104. The van der Waals surface area contributed by atoms with E-state index < -0.39 is 10.5 Å². The molecule has 0 atom stereocenters. The van der Waals surface area contributed by atoms with Crippen molar-refractivity contribution in [2.24, 2.45) is 5.73 Å². The first kappa shape index (κ1) is 13.2. The average Bonchev–Trinajstić information content (AvgIpc) is 2.28. The molecule has 0 aromatic carbocycles. The van der Waals surface area contributed by atoms with Crippen molar-refractivity contribution in [2.45, 2.75) is 19.4 Å². The van der Waals surface area contributed by atoms with E-state index in [2.05, 4.69) is 10.3 Å². The second kappa shape index (κ2) is 4.96. The van der Waals surface area contributed by atoms with Crippen molar-refractivity contribution in [1.29, 1.82) is 0 Å². The van der Waals surface area contributed by atoms with Crippen LogP contribution in [0.25, 0.3) is 0 Å². The summed E-state index contributed by atoms with van der Waals surface area (Å²) in [6, 6.07) is 2.79. The van der Waals surface area contributed by atoms with Crippen LogP contribution < -0.4 is 15.8 Å². The molecule has 0 fully saturated rings. The fourth-order valence-electron chi connectivity index (χ4n) is 1.16. The fourth-order valence-corrected chi connectivity index (χ4v) is 1.16. The molecule has 94 valence electrons. The predicted octanol–water partition coefficient (Wildman–Crippen LogP) is 1.15. The number of aromatic nitrogens is 1. The largest absolute Gasteiger partial charge is 0.481 e. The normalized spacial score (nSPS) is 11.1. The molecule has 1 rings (SSSR count). The molecule has 1 aromatic heterocycles. The molecule has 1 heterocycles. The summed E-state index contributed by atoms with van der Waals surface area (Å²) in [5.74, 6) is 0.468. The molecule has 0 saturated heterocycles. The van der Waals surface area contributed by atoms with Gasteiger partial charge in [0.2, 0.25) is 11.7 Å². The average molecular weight is 240 g/mol. The van der Waals surface area contributed by atoms with Gasteiger partial charge in [-0.05, 0) is 13.8 Å². The van der Waals surface area contributed by atoms with Crippen LogP contribution in [0.15, 0.2) is 12.1 Å². The highest BCUT2D eigenvalue weighted by atomic mass is 16.6. The number of hydrogen-bond acceptors (Lipinski definition) is 6. The molecule has 17 heavy (non-hydrogen) atoms. The van der Waals surface area contributed by atoms with Crippen molar-refractivity contribution in [1.82, 2.24) is 4.98 Å². The molecule has 0 aliphatic rings. The summed E-state index contributed by atoms with van der Waals surface area (Å²) in [5.41, 5.74) is 4.97.